The normalized spacial score (nSPS) is 15.8. The Kier molecular flexibility index (Phi) is 18.5. The van der Waals surface area contributed by atoms with Crippen molar-refractivity contribution in [3.63, 3.8) is 0 Å². The van der Waals surface area contributed by atoms with E-state index in [-0.39, 0.29) is 41.3 Å². The van der Waals surface area contributed by atoms with Crippen molar-refractivity contribution >= 4 is 46.1 Å². The van der Waals surface area contributed by atoms with Crippen molar-refractivity contribution in [2.24, 2.45) is 17.8 Å². The lowest BCUT2D eigenvalue weighted by Crippen LogP contribution is -2.37. The number of nitrogens with zero attached hydrogens (tertiary/aromatic N) is 1. The van der Waals surface area contributed by atoms with E-state index in [2.05, 4.69) is 39.6 Å². The first-order valence-electron chi connectivity index (χ1n) is 21.9. The van der Waals surface area contributed by atoms with E-state index in [1.54, 1.807) is 18.2 Å². The van der Waals surface area contributed by atoms with E-state index in [1.807, 2.05) is 70.2 Å². The number of anilines is 1. The Labute approximate surface area is 371 Å². The molecule has 0 saturated heterocycles. The molecule has 2 amide bonds. The minimum Gasteiger partial charge on any atom is -0.475 e. The van der Waals surface area contributed by atoms with Gasteiger partial charge in [-0.2, -0.15) is 13.2 Å². The van der Waals surface area contributed by atoms with E-state index in [1.165, 1.54) is 0 Å². The number of fused-ring (bicyclic) bond motifs is 1. The van der Waals surface area contributed by atoms with Crippen molar-refractivity contribution in [2.75, 3.05) is 31.5 Å². The molecule has 1 atom stereocenters. The molecule has 1 heterocycles. The number of carboxylic acids is 1. The van der Waals surface area contributed by atoms with Crippen LogP contribution in [0.2, 0.25) is 0 Å². The number of carbonyl (C=O) groups excluding carboxylic acids is 4. The highest BCUT2D eigenvalue weighted by Gasteiger charge is 2.38. The maximum absolute atomic E-state index is 13.9. The summed E-state index contributed by atoms with van der Waals surface area (Å²) in [6.07, 6.45) is 0.426. The van der Waals surface area contributed by atoms with Gasteiger partial charge in [-0.3, -0.25) is 29.4 Å². The summed E-state index contributed by atoms with van der Waals surface area (Å²) in [7, 11) is 0. The van der Waals surface area contributed by atoms with Gasteiger partial charge in [-0.05, 0) is 145 Å². The number of H-pyrrole nitrogens is 2. The quantitative estimate of drug-likeness (QED) is 0.0479. The number of carbonyl (C=O) groups is 5. The van der Waals surface area contributed by atoms with Crippen LogP contribution in [-0.4, -0.2) is 87.7 Å². The zero-order valence-electron chi connectivity index (χ0n) is 37.6. The van der Waals surface area contributed by atoms with Crippen LogP contribution in [0, 0.1) is 24.7 Å². The maximum atomic E-state index is 13.9. The van der Waals surface area contributed by atoms with E-state index in [0.29, 0.717) is 48.8 Å². The zero-order valence-corrected chi connectivity index (χ0v) is 37.6. The number of amides is 2. The van der Waals surface area contributed by atoms with Crippen LogP contribution in [0.25, 0.3) is 22.0 Å². The van der Waals surface area contributed by atoms with Gasteiger partial charge in [-0.25, -0.2) is 9.59 Å². The predicted octanol–water partition coefficient (Wildman–Crippen LogP) is 9.25. The Hall–Kier alpha value is -5.77. The van der Waals surface area contributed by atoms with E-state index in [9.17, 15) is 37.1 Å². The van der Waals surface area contributed by atoms with Gasteiger partial charge in [0.25, 0.3) is 5.56 Å². The van der Waals surface area contributed by atoms with Crippen molar-refractivity contribution < 1.29 is 47.0 Å². The molecule has 5 N–H and O–H groups in total. The molecule has 0 radical (unpaired) electrons. The second-order valence-corrected chi connectivity index (χ2v) is 17.4. The lowest BCUT2D eigenvalue weighted by Gasteiger charge is -2.29. The van der Waals surface area contributed by atoms with Gasteiger partial charge in [-0.1, -0.05) is 50.2 Å². The molecule has 1 aliphatic carbocycles. The number of carboxylic acid groups (broad SMARTS) is 1. The number of hydrogen-bond donors (Lipinski definition) is 5. The SMILES string of the molecule is CCN(CC)CCCCC(=O)c1ccc(-c2ccc(C[C@H](CC(=O)C3CCC(CNC(=O)OC(C)(C)C)CC3)C(=O)Nc3ccc4c(=O)[nH][nH]c4c3)cc2)c(C)c1.O=C(O)C(F)(F)F. The van der Waals surface area contributed by atoms with E-state index >= 15 is 0 Å². The second-order valence-electron chi connectivity index (χ2n) is 17.4. The molecule has 0 aliphatic heterocycles. The number of nitrogens with one attached hydrogen (secondary N) is 4. The third-order valence-corrected chi connectivity index (χ3v) is 11.5. The van der Waals surface area contributed by atoms with E-state index in [4.69, 9.17) is 14.6 Å². The minimum atomic E-state index is -5.08. The van der Waals surface area contributed by atoms with Crippen LogP contribution >= 0.6 is 0 Å². The van der Waals surface area contributed by atoms with Crippen LogP contribution in [-0.2, 0) is 25.5 Å². The Bertz CT molecular complexity index is 2270. The number of halogens is 3. The third-order valence-electron chi connectivity index (χ3n) is 11.5. The molecule has 0 spiro atoms. The lowest BCUT2D eigenvalue weighted by atomic mass is 9.77. The zero-order chi connectivity index (χ0) is 47.2. The average Bonchev–Trinajstić information content (AvgIpc) is 3.61. The molecule has 1 fully saturated rings. The van der Waals surface area contributed by atoms with Gasteiger partial charge in [-0.15, -0.1) is 0 Å². The second kappa shape index (κ2) is 23.2. The van der Waals surface area contributed by atoms with Gasteiger partial charge in [0.1, 0.15) is 11.4 Å². The Morgan fingerprint density at radius 2 is 1.55 bits per heavy atom. The summed E-state index contributed by atoms with van der Waals surface area (Å²) in [5.41, 5.74) is 5.06. The molecule has 1 aliphatic rings. The first kappa shape index (κ1) is 50.9. The van der Waals surface area contributed by atoms with Crippen molar-refractivity contribution in [2.45, 2.75) is 111 Å². The summed E-state index contributed by atoms with van der Waals surface area (Å²) in [4.78, 5) is 76.2. The fraction of sp³-hybridized carbons (Fsp3) is 0.500. The topological polar surface area (TPSA) is 191 Å². The highest BCUT2D eigenvalue weighted by Crippen LogP contribution is 2.32. The van der Waals surface area contributed by atoms with Crippen LogP contribution < -0.4 is 16.2 Å². The molecule has 16 heteroatoms. The molecule has 348 valence electrons. The molecule has 4 aromatic rings. The van der Waals surface area contributed by atoms with Crippen LogP contribution in [0.15, 0.2) is 65.5 Å². The summed E-state index contributed by atoms with van der Waals surface area (Å²) >= 11 is 0. The Balaban J connectivity index is 0.00000118. The summed E-state index contributed by atoms with van der Waals surface area (Å²) in [5, 5.41) is 18.9. The van der Waals surface area contributed by atoms with Crippen LogP contribution in [0.4, 0.5) is 23.7 Å². The van der Waals surface area contributed by atoms with Crippen molar-refractivity contribution in [1.29, 1.82) is 0 Å². The average molecular weight is 894 g/mol. The van der Waals surface area contributed by atoms with Crippen molar-refractivity contribution in [3.8, 4) is 11.1 Å². The fourth-order valence-electron chi connectivity index (χ4n) is 7.83. The minimum absolute atomic E-state index is 0.0740. The number of ketones is 2. The molecule has 64 heavy (non-hydrogen) atoms. The van der Waals surface area contributed by atoms with Gasteiger partial charge in [0, 0.05) is 42.5 Å². The number of alkyl carbamates (subject to hydrolysis) is 1. The Morgan fingerprint density at radius 3 is 2.14 bits per heavy atom. The molecule has 0 bridgehead atoms. The van der Waals surface area contributed by atoms with Gasteiger partial charge >= 0.3 is 18.2 Å². The number of alkyl halides is 3. The van der Waals surface area contributed by atoms with Crippen LogP contribution in [0.3, 0.4) is 0 Å². The number of hydrogen-bond acceptors (Lipinski definition) is 8. The molecule has 1 aromatic heterocycles. The highest BCUT2D eigenvalue weighted by molar-refractivity contribution is 5.98. The predicted molar refractivity (Wildman–Crippen MR) is 240 cm³/mol. The number of aliphatic carboxylic acids is 1. The third kappa shape index (κ3) is 15.8. The monoisotopic (exact) mass is 893 g/mol. The van der Waals surface area contributed by atoms with Gasteiger partial charge < -0.3 is 25.4 Å². The number of aryl methyl sites for hydroxylation is 1. The van der Waals surface area contributed by atoms with E-state index in [0.717, 1.165) is 73.1 Å². The number of ether oxygens (including phenoxy) is 1. The molecule has 3 aromatic carbocycles. The number of aromatic amines is 2. The Morgan fingerprint density at radius 1 is 0.891 bits per heavy atom. The molecule has 5 rings (SSSR count). The van der Waals surface area contributed by atoms with Crippen LogP contribution in [0.1, 0.15) is 107 Å². The summed E-state index contributed by atoms with van der Waals surface area (Å²) in [5.74, 6) is -3.27. The number of rotatable bonds is 18. The number of unbranched alkanes of at least 4 members (excludes halogenated alkanes) is 1. The maximum Gasteiger partial charge on any atom is 0.490 e. The molecule has 13 nitrogen and oxygen atoms in total. The summed E-state index contributed by atoms with van der Waals surface area (Å²) in [6, 6.07) is 19.1. The number of aromatic nitrogens is 2. The van der Waals surface area contributed by atoms with Crippen molar-refractivity contribution in [3.05, 3.63) is 87.7 Å². The first-order valence-corrected chi connectivity index (χ1v) is 21.9. The summed E-state index contributed by atoms with van der Waals surface area (Å²) in [6.45, 7) is 15.4. The molecule has 0 unspecified atom stereocenters. The molecular weight excluding hydrogens is 832 g/mol. The molecular formula is C48H62F3N5O8. The van der Waals surface area contributed by atoms with E-state index < -0.39 is 29.8 Å². The smallest absolute Gasteiger partial charge is 0.475 e. The number of benzene rings is 3. The summed E-state index contributed by atoms with van der Waals surface area (Å²) < 4.78 is 37.1. The molecule has 1 saturated carbocycles. The van der Waals surface area contributed by atoms with Gasteiger partial charge in [0.2, 0.25) is 5.91 Å². The fourth-order valence-corrected chi connectivity index (χ4v) is 7.83. The highest BCUT2D eigenvalue weighted by atomic mass is 19.4. The van der Waals surface area contributed by atoms with Gasteiger partial charge in [0.15, 0.2) is 5.78 Å². The number of Topliss-reactive ketones (excluding diaryl/α,β-unsaturated/α-hetero) is 2. The standard InChI is InChI=1S/C46H61N5O6.C2HF3O2/c1-7-51(8-2)24-10-9-11-41(52)35-20-22-38(30(3)25-35)33-16-12-31(13-17-33)26-36(43(54)48-37-21-23-39-40(28-37)49-50-44(39)55)27-42(53)34-18-14-32(15-19-34)29-47-45(56)57-46(4,5)6;3-2(4,5)1(6)7/h12-13,16-17,20-23,25,28,32,34,36H,7-11,14-15,18-19,24,26-27,29H2,1-6H3,(H,47,56)(H,48,54)(H2,49,50,55);(H,6,7)/t32?,34?,36-;/m1./s1. The van der Waals surface area contributed by atoms with Crippen LogP contribution in [0.5, 0.6) is 0 Å². The largest absolute Gasteiger partial charge is 0.490 e. The first-order chi connectivity index (χ1) is 30.2. The lowest BCUT2D eigenvalue weighted by molar-refractivity contribution is -0.192. The van der Waals surface area contributed by atoms with Crippen molar-refractivity contribution in [1.82, 2.24) is 20.4 Å². The van der Waals surface area contributed by atoms with Gasteiger partial charge in [0.05, 0.1) is 10.9 Å².